The quantitative estimate of drug-likeness (QED) is 0.755. The largest absolute Gasteiger partial charge is 0.313 e. The van der Waals surface area contributed by atoms with Crippen LogP contribution in [0.1, 0.15) is 24.9 Å². The molecule has 0 bridgehead atoms. The second kappa shape index (κ2) is 6.06. The van der Waals surface area contributed by atoms with Gasteiger partial charge in [0.25, 0.3) is 0 Å². The molecule has 0 aliphatic rings. The molecular formula is C19H20N2. The highest BCUT2D eigenvalue weighted by Crippen LogP contribution is 2.26. The summed E-state index contributed by atoms with van der Waals surface area (Å²) in [5, 5.41) is 4.54. The fourth-order valence-corrected chi connectivity index (χ4v) is 2.79. The van der Waals surface area contributed by atoms with Gasteiger partial charge in [-0.3, -0.25) is 4.98 Å². The molecule has 1 heterocycles. The molecule has 0 aliphatic heterocycles. The number of nitrogens with one attached hydrogen (secondary N) is 1. The van der Waals surface area contributed by atoms with E-state index in [-0.39, 0.29) is 0 Å². The van der Waals surface area contributed by atoms with Crippen molar-refractivity contribution in [1.82, 2.24) is 10.3 Å². The van der Waals surface area contributed by atoms with Gasteiger partial charge in [0, 0.05) is 17.6 Å². The number of aromatic nitrogens is 1. The number of pyridine rings is 1. The predicted molar refractivity (Wildman–Crippen MR) is 89.3 cm³/mol. The Morgan fingerprint density at radius 2 is 1.86 bits per heavy atom. The molecule has 0 fully saturated rings. The van der Waals surface area contributed by atoms with Crippen LogP contribution in [0.15, 0.2) is 60.8 Å². The Morgan fingerprint density at radius 1 is 1.00 bits per heavy atom. The summed E-state index contributed by atoms with van der Waals surface area (Å²) in [6.45, 7) is 2.20. The van der Waals surface area contributed by atoms with Crippen molar-refractivity contribution in [2.75, 3.05) is 7.05 Å². The maximum atomic E-state index is 4.44. The summed E-state index contributed by atoms with van der Waals surface area (Å²) in [6.07, 6.45) is 2.93. The summed E-state index contributed by atoms with van der Waals surface area (Å²) in [5.74, 6) is 0. The van der Waals surface area contributed by atoms with Gasteiger partial charge < -0.3 is 5.32 Å². The van der Waals surface area contributed by atoms with Crippen LogP contribution in [-0.4, -0.2) is 12.0 Å². The lowest BCUT2D eigenvalue weighted by atomic mass is 9.97. The standard InChI is InChI=1S/C19H20N2/c1-3-18(20-2)17-7-4-6-15(12-17)16-10-9-14-8-5-11-21-19(14)13-16/h4-13,18,20H,3H2,1-2H3. The van der Waals surface area contributed by atoms with Crippen molar-refractivity contribution in [2.45, 2.75) is 19.4 Å². The molecule has 3 rings (SSSR count). The van der Waals surface area contributed by atoms with Crippen molar-refractivity contribution < 1.29 is 0 Å². The third kappa shape index (κ3) is 2.81. The van der Waals surface area contributed by atoms with Gasteiger partial charge in [-0.25, -0.2) is 0 Å². The molecule has 1 aromatic heterocycles. The third-order valence-electron chi connectivity index (χ3n) is 3.98. The molecule has 1 unspecified atom stereocenters. The van der Waals surface area contributed by atoms with E-state index in [4.69, 9.17) is 0 Å². The van der Waals surface area contributed by atoms with Crippen molar-refractivity contribution in [3.8, 4) is 11.1 Å². The molecule has 2 aromatic carbocycles. The van der Waals surface area contributed by atoms with Gasteiger partial charge >= 0.3 is 0 Å². The summed E-state index contributed by atoms with van der Waals surface area (Å²) in [6, 6.07) is 19.7. The van der Waals surface area contributed by atoms with Crippen LogP contribution in [-0.2, 0) is 0 Å². The first-order valence-corrected chi connectivity index (χ1v) is 7.44. The zero-order valence-corrected chi connectivity index (χ0v) is 12.5. The molecule has 1 atom stereocenters. The van der Waals surface area contributed by atoms with Crippen molar-refractivity contribution in [3.63, 3.8) is 0 Å². The maximum absolute atomic E-state index is 4.44. The van der Waals surface area contributed by atoms with E-state index in [0.717, 1.165) is 11.9 Å². The first-order valence-electron chi connectivity index (χ1n) is 7.44. The number of benzene rings is 2. The van der Waals surface area contributed by atoms with Crippen LogP contribution in [0, 0.1) is 0 Å². The Kier molecular flexibility index (Phi) is 3.98. The molecular weight excluding hydrogens is 256 g/mol. The lowest BCUT2D eigenvalue weighted by Gasteiger charge is -2.15. The van der Waals surface area contributed by atoms with Gasteiger partial charge in [0.2, 0.25) is 0 Å². The summed E-state index contributed by atoms with van der Waals surface area (Å²) >= 11 is 0. The lowest BCUT2D eigenvalue weighted by molar-refractivity contribution is 0.577. The van der Waals surface area contributed by atoms with Gasteiger partial charge in [0.05, 0.1) is 5.52 Å². The van der Waals surface area contributed by atoms with Gasteiger partial charge in [-0.1, -0.05) is 43.3 Å². The predicted octanol–water partition coefficient (Wildman–Crippen LogP) is 4.57. The highest BCUT2D eigenvalue weighted by atomic mass is 14.9. The molecule has 0 saturated carbocycles. The number of hydrogen-bond acceptors (Lipinski definition) is 2. The minimum absolute atomic E-state index is 0.406. The molecule has 21 heavy (non-hydrogen) atoms. The average Bonchev–Trinajstić information content (AvgIpc) is 2.56. The molecule has 106 valence electrons. The maximum Gasteiger partial charge on any atom is 0.0708 e. The summed E-state index contributed by atoms with van der Waals surface area (Å²) in [5.41, 5.74) is 4.84. The van der Waals surface area contributed by atoms with Crippen molar-refractivity contribution in [1.29, 1.82) is 0 Å². The monoisotopic (exact) mass is 276 g/mol. The SMILES string of the molecule is CCC(NC)c1cccc(-c2ccc3cccnc3c2)c1. The molecule has 0 aliphatic carbocycles. The smallest absolute Gasteiger partial charge is 0.0708 e. The number of hydrogen-bond donors (Lipinski definition) is 1. The van der Waals surface area contributed by atoms with Gasteiger partial charge in [-0.05, 0) is 48.4 Å². The minimum Gasteiger partial charge on any atom is -0.313 e. The molecule has 3 aromatic rings. The van der Waals surface area contributed by atoms with Crippen LogP contribution in [0.25, 0.3) is 22.0 Å². The summed E-state index contributed by atoms with van der Waals surface area (Å²) < 4.78 is 0. The van der Waals surface area contributed by atoms with E-state index in [1.165, 1.54) is 22.1 Å². The van der Waals surface area contributed by atoms with E-state index in [9.17, 15) is 0 Å². The zero-order chi connectivity index (χ0) is 14.7. The fourth-order valence-electron chi connectivity index (χ4n) is 2.79. The van der Waals surface area contributed by atoms with Crippen molar-refractivity contribution in [2.24, 2.45) is 0 Å². The average molecular weight is 276 g/mol. The first kappa shape index (κ1) is 13.8. The molecule has 1 N–H and O–H groups in total. The van der Waals surface area contributed by atoms with Crippen LogP contribution in [0.4, 0.5) is 0 Å². The van der Waals surface area contributed by atoms with Crippen LogP contribution in [0.2, 0.25) is 0 Å². The molecule has 0 spiro atoms. The van der Waals surface area contributed by atoms with Gasteiger partial charge in [0.15, 0.2) is 0 Å². The van der Waals surface area contributed by atoms with Crippen molar-refractivity contribution in [3.05, 3.63) is 66.4 Å². The van der Waals surface area contributed by atoms with E-state index in [1.54, 1.807) is 0 Å². The normalized spacial score (nSPS) is 12.5. The second-order valence-corrected chi connectivity index (χ2v) is 5.29. The summed E-state index contributed by atoms with van der Waals surface area (Å²) in [4.78, 5) is 4.44. The van der Waals surface area contributed by atoms with Crippen LogP contribution in [0.5, 0.6) is 0 Å². The number of nitrogens with zero attached hydrogens (tertiary/aromatic N) is 1. The Bertz CT molecular complexity index is 745. The molecule has 2 heteroatoms. The Morgan fingerprint density at radius 3 is 2.67 bits per heavy atom. The highest BCUT2D eigenvalue weighted by molar-refractivity contribution is 5.84. The third-order valence-corrected chi connectivity index (χ3v) is 3.98. The van der Waals surface area contributed by atoms with Crippen LogP contribution in [0.3, 0.4) is 0 Å². The molecule has 0 saturated heterocycles. The van der Waals surface area contributed by atoms with E-state index < -0.39 is 0 Å². The Labute approximate surface area is 125 Å². The molecule has 0 amide bonds. The van der Waals surface area contributed by atoms with E-state index in [0.29, 0.717) is 6.04 Å². The van der Waals surface area contributed by atoms with Crippen molar-refractivity contribution >= 4 is 10.9 Å². The molecule has 0 radical (unpaired) electrons. The van der Waals surface area contributed by atoms with E-state index in [2.05, 4.69) is 65.8 Å². The van der Waals surface area contributed by atoms with Crippen LogP contribution < -0.4 is 5.32 Å². The Hall–Kier alpha value is -2.19. The topological polar surface area (TPSA) is 24.9 Å². The first-order chi connectivity index (χ1) is 10.3. The minimum atomic E-state index is 0.406. The zero-order valence-electron chi connectivity index (χ0n) is 12.5. The lowest BCUT2D eigenvalue weighted by Crippen LogP contribution is -2.15. The van der Waals surface area contributed by atoms with E-state index in [1.807, 2.05) is 19.3 Å². The second-order valence-electron chi connectivity index (χ2n) is 5.29. The van der Waals surface area contributed by atoms with Gasteiger partial charge in [-0.2, -0.15) is 0 Å². The van der Waals surface area contributed by atoms with Gasteiger partial charge in [-0.15, -0.1) is 0 Å². The van der Waals surface area contributed by atoms with E-state index >= 15 is 0 Å². The Balaban J connectivity index is 2.03. The number of fused-ring (bicyclic) bond motifs is 1. The fraction of sp³-hybridized carbons (Fsp3) is 0.211. The summed E-state index contributed by atoms with van der Waals surface area (Å²) in [7, 11) is 2.01. The van der Waals surface area contributed by atoms with Gasteiger partial charge in [0.1, 0.15) is 0 Å². The highest BCUT2D eigenvalue weighted by Gasteiger charge is 2.08. The molecule has 2 nitrogen and oxygen atoms in total. The number of rotatable bonds is 4. The van der Waals surface area contributed by atoms with Crippen LogP contribution >= 0.6 is 0 Å².